The van der Waals surface area contributed by atoms with Gasteiger partial charge in [0.25, 0.3) is 15.9 Å². The number of nitrogens with zero attached hydrogens (tertiary/aromatic N) is 1. The molecule has 0 aromatic carbocycles. The summed E-state index contributed by atoms with van der Waals surface area (Å²) in [5.41, 5.74) is 0. The van der Waals surface area contributed by atoms with Crippen LogP contribution in [0, 0.1) is 23.7 Å². The Hall–Kier alpha value is -1.45. The molecule has 172 valence electrons. The smallest absolute Gasteiger partial charge is 0.309 e. The zero-order chi connectivity index (χ0) is 22.2. The molecule has 0 spiro atoms. The van der Waals surface area contributed by atoms with Crippen molar-refractivity contribution in [2.24, 2.45) is 23.7 Å². The minimum Gasteiger partial charge on any atom is -0.452 e. The lowest BCUT2D eigenvalue weighted by Crippen LogP contribution is -2.46. The minimum atomic E-state index is -3.49. The number of sulfonamides is 1. The van der Waals surface area contributed by atoms with E-state index in [0.29, 0.717) is 28.9 Å². The third-order valence-corrected chi connectivity index (χ3v) is 10.6. The zero-order valence-corrected chi connectivity index (χ0v) is 19.8. The summed E-state index contributed by atoms with van der Waals surface area (Å²) in [6.45, 7) is 4.22. The number of carbonyl (C=O) groups excluding carboxylic acids is 2. The zero-order valence-electron chi connectivity index (χ0n) is 18.2. The maximum atomic E-state index is 12.6. The molecule has 5 atom stereocenters. The Bertz CT molecular complexity index is 893. The molecule has 31 heavy (non-hydrogen) atoms. The van der Waals surface area contributed by atoms with Crippen molar-refractivity contribution in [1.82, 2.24) is 9.62 Å². The molecule has 0 unspecified atom stereocenters. The fourth-order valence-electron chi connectivity index (χ4n) is 5.55. The van der Waals surface area contributed by atoms with Crippen molar-refractivity contribution < 1.29 is 22.7 Å². The van der Waals surface area contributed by atoms with Crippen LogP contribution in [0.25, 0.3) is 0 Å². The number of thiophene rings is 1. The van der Waals surface area contributed by atoms with E-state index in [2.05, 4.69) is 12.2 Å². The lowest BCUT2D eigenvalue weighted by Gasteiger charge is -2.31. The summed E-state index contributed by atoms with van der Waals surface area (Å²) in [7, 11) is -3.49. The first kappa shape index (κ1) is 22.7. The molecule has 1 aromatic heterocycles. The lowest BCUT2D eigenvalue weighted by atomic mass is 9.84. The number of hydrogen-bond acceptors (Lipinski definition) is 6. The molecule has 1 N–H and O–H groups in total. The van der Waals surface area contributed by atoms with Crippen LogP contribution in [-0.2, 0) is 24.3 Å². The monoisotopic (exact) mass is 468 g/mol. The van der Waals surface area contributed by atoms with Gasteiger partial charge in [0.1, 0.15) is 4.21 Å². The molecule has 0 radical (unpaired) electrons. The number of piperidine rings is 1. The third-order valence-electron chi connectivity index (χ3n) is 7.34. The first-order valence-electron chi connectivity index (χ1n) is 11.3. The van der Waals surface area contributed by atoms with Gasteiger partial charge in [-0.3, -0.25) is 9.59 Å². The summed E-state index contributed by atoms with van der Waals surface area (Å²) in [6.07, 6.45) is 5.02. The van der Waals surface area contributed by atoms with Crippen molar-refractivity contribution in [3.8, 4) is 0 Å². The molecule has 2 aliphatic carbocycles. The minimum absolute atomic E-state index is 0.0923. The first-order valence-corrected chi connectivity index (χ1v) is 13.6. The van der Waals surface area contributed by atoms with Crippen LogP contribution in [-0.4, -0.2) is 49.8 Å². The third kappa shape index (κ3) is 4.83. The van der Waals surface area contributed by atoms with E-state index in [0.717, 1.165) is 5.92 Å². The van der Waals surface area contributed by atoms with Gasteiger partial charge in [0.05, 0.1) is 5.92 Å². The largest absolute Gasteiger partial charge is 0.452 e. The summed E-state index contributed by atoms with van der Waals surface area (Å²) in [6, 6.07) is 3.40. The van der Waals surface area contributed by atoms with Crippen LogP contribution in [0.1, 0.15) is 52.4 Å². The normalized spacial score (nSPS) is 28.9. The van der Waals surface area contributed by atoms with Gasteiger partial charge in [0.2, 0.25) is 0 Å². The van der Waals surface area contributed by atoms with Crippen LogP contribution in [0.2, 0.25) is 0 Å². The number of nitrogens with one attached hydrogen (secondary N) is 1. The van der Waals surface area contributed by atoms with Gasteiger partial charge >= 0.3 is 5.97 Å². The van der Waals surface area contributed by atoms with Crippen molar-refractivity contribution in [1.29, 1.82) is 0 Å². The Morgan fingerprint density at radius 2 is 1.90 bits per heavy atom. The summed E-state index contributed by atoms with van der Waals surface area (Å²) >= 11 is 1.19. The number of esters is 1. The van der Waals surface area contributed by atoms with E-state index >= 15 is 0 Å². The second-order valence-electron chi connectivity index (χ2n) is 9.33. The van der Waals surface area contributed by atoms with E-state index in [-0.39, 0.29) is 31.0 Å². The highest BCUT2D eigenvalue weighted by molar-refractivity contribution is 7.91. The van der Waals surface area contributed by atoms with Gasteiger partial charge in [-0.1, -0.05) is 12.5 Å². The molecule has 2 heterocycles. The fraction of sp³-hybridized carbons (Fsp3) is 0.727. The van der Waals surface area contributed by atoms with Gasteiger partial charge in [-0.25, -0.2) is 8.42 Å². The van der Waals surface area contributed by atoms with E-state index in [4.69, 9.17) is 4.74 Å². The molecule has 1 aromatic rings. The number of hydrogen-bond donors (Lipinski definition) is 1. The van der Waals surface area contributed by atoms with Gasteiger partial charge in [-0.05, 0) is 75.2 Å². The quantitative estimate of drug-likeness (QED) is 0.621. The summed E-state index contributed by atoms with van der Waals surface area (Å²) in [4.78, 5) is 25.2. The number of fused-ring (bicyclic) bond motifs is 2. The predicted octanol–water partition coefficient (Wildman–Crippen LogP) is 3.02. The highest BCUT2D eigenvalue weighted by Gasteiger charge is 2.42. The second-order valence-corrected chi connectivity index (χ2v) is 12.4. The van der Waals surface area contributed by atoms with Crippen molar-refractivity contribution in [3.05, 3.63) is 17.5 Å². The standard InChI is InChI=1S/C22H32N2O5S2/c1-14(19-13-16-5-6-18(19)12-16)23-21(25)15(2)29-22(26)17-7-9-24(10-8-17)31(27,28)20-4-3-11-30-20/h3-4,11,14-19H,5-10,12-13H2,1-2H3,(H,23,25)/t14-,15+,16+,18+,19-/m1/s1. The van der Waals surface area contributed by atoms with Gasteiger partial charge in [-0.2, -0.15) is 4.31 Å². The Morgan fingerprint density at radius 1 is 1.16 bits per heavy atom. The average Bonchev–Trinajstić information content (AvgIpc) is 3.52. The topological polar surface area (TPSA) is 92.8 Å². The van der Waals surface area contributed by atoms with Crippen LogP contribution < -0.4 is 5.32 Å². The highest BCUT2D eigenvalue weighted by atomic mass is 32.2. The Labute approximate surface area is 188 Å². The second kappa shape index (κ2) is 9.19. The number of carbonyl (C=O) groups is 2. The molecule has 1 amide bonds. The van der Waals surface area contributed by atoms with E-state index in [1.54, 1.807) is 24.4 Å². The lowest BCUT2D eigenvalue weighted by molar-refractivity contribution is -0.160. The first-order chi connectivity index (χ1) is 14.8. The van der Waals surface area contributed by atoms with Gasteiger partial charge in [0.15, 0.2) is 6.10 Å². The molecule has 2 bridgehead atoms. The van der Waals surface area contributed by atoms with E-state index in [9.17, 15) is 18.0 Å². The summed E-state index contributed by atoms with van der Waals surface area (Å²) in [5.74, 6) is 1.02. The molecular formula is C22H32N2O5S2. The highest BCUT2D eigenvalue weighted by Crippen LogP contribution is 2.49. The number of amides is 1. The van der Waals surface area contributed by atoms with Crippen molar-refractivity contribution in [2.75, 3.05) is 13.1 Å². The Morgan fingerprint density at radius 3 is 2.48 bits per heavy atom. The van der Waals surface area contributed by atoms with Crippen LogP contribution in [0.15, 0.2) is 21.7 Å². The van der Waals surface area contributed by atoms with Crippen LogP contribution in [0.4, 0.5) is 0 Å². The van der Waals surface area contributed by atoms with Gasteiger partial charge in [-0.15, -0.1) is 11.3 Å². The molecule has 1 saturated heterocycles. The van der Waals surface area contributed by atoms with Crippen molar-refractivity contribution >= 4 is 33.2 Å². The maximum Gasteiger partial charge on any atom is 0.309 e. The molecule has 3 fully saturated rings. The summed E-state index contributed by atoms with van der Waals surface area (Å²) in [5, 5.41) is 4.79. The van der Waals surface area contributed by atoms with E-state index in [1.165, 1.54) is 41.3 Å². The van der Waals surface area contributed by atoms with Crippen molar-refractivity contribution in [2.45, 2.75) is 68.7 Å². The van der Waals surface area contributed by atoms with E-state index < -0.39 is 22.1 Å². The maximum absolute atomic E-state index is 12.6. The Kier molecular flexibility index (Phi) is 6.74. The molecule has 9 heteroatoms. The molecular weight excluding hydrogens is 436 g/mol. The van der Waals surface area contributed by atoms with Crippen LogP contribution in [0.3, 0.4) is 0 Å². The van der Waals surface area contributed by atoms with Crippen LogP contribution in [0.5, 0.6) is 0 Å². The summed E-state index contributed by atoms with van der Waals surface area (Å²) < 4.78 is 32.4. The number of ether oxygens (including phenoxy) is 1. The van der Waals surface area contributed by atoms with Gasteiger partial charge in [0, 0.05) is 19.1 Å². The SMILES string of the molecule is C[C@H](OC(=O)C1CCN(S(=O)(=O)c2cccs2)CC1)C(=O)N[C@H](C)[C@H]1C[C@H]2CC[C@H]1C2. The average molecular weight is 469 g/mol. The molecule has 2 saturated carbocycles. The fourth-order valence-corrected chi connectivity index (χ4v) is 8.16. The predicted molar refractivity (Wildman–Crippen MR) is 118 cm³/mol. The molecule has 3 aliphatic rings. The van der Waals surface area contributed by atoms with E-state index in [1.807, 2.05) is 0 Å². The molecule has 7 nitrogen and oxygen atoms in total. The molecule has 1 aliphatic heterocycles. The Balaban J connectivity index is 1.23. The van der Waals surface area contributed by atoms with Gasteiger partial charge < -0.3 is 10.1 Å². The number of rotatable bonds is 7. The molecule has 4 rings (SSSR count). The van der Waals surface area contributed by atoms with Crippen molar-refractivity contribution in [3.63, 3.8) is 0 Å². The van der Waals surface area contributed by atoms with Crippen LogP contribution >= 0.6 is 11.3 Å².